The van der Waals surface area contributed by atoms with Gasteiger partial charge in [0.05, 0.1) is 0 Å². The molecule has 0 aromatic rings. The van der Waals surface area contributed by atoms with E-state index in [1.165, 1.54) is 45.2 Å². The van der Waals surface area contributed by atoms with Gasteiger partial charge in [0.15, 0.2) is 0 Å². The molecule has 1 rings (SSSR count). The third-order valence-corrected chi connectivity index (χ3v) is 3.65. The first-order valence-corrected chi connectivity index (χ1v) is 7.20. The van der Waals surface area contributed by atoms with Crippen LogP contribution in [-0.4, -0.2) is 29.4 Å². The summed E-state index contributed by atoms with van der Waals surface area (Å²) in [6, 6.07) is 0.909. The van der Waals surface area contributed by atoms with Gasteiger partial charge in [-0.15, -0.1) is 0 Å². The van der Waals surface area contributed by atoms with Crippen LogP contribution in [0.5, 0.6) is 0 Å². The zero-order chi connectivity index (χ0) is 10.4. The molecule has 1 nitrogen and oxygen atoms in total. The molecule has 1 atom stereocenters. The van der Waals surface area contributed by atoms with Crippen LogP contribution in [0.25, 0.3) is 0 Å². The molecule has 0 saturated heterocycles. The summed E-state index contributed by atoms with van der Waals surface area (Å²) in [6.45, 7) is 7.22. The predicted octanol–water partition coefficient (Wildman–Crippen LogP) is 3.67. The SMILES string of the molecule is CCCC(C)CN(CCBr)C1CCC1. The lowest BCUT2D eigenvalue weighted by molar-refractivity contribution is 0.116. The Morgan fingerprint density at radius 1 is 1.43 bits per heavy atom. The summed E-state index contributed by atoms with van der Waals surface area (Å²) in [6.07, 6.45) is 7.03. The van der Waals surface area contributed by atoms with Gasteiger partial charge >= 0.3 is 0 Å². The Kier molecular flexibility index (Phi) is 6.11. The third kappa shape index (κ3) is 3.90. The summed E-state index contributed by atoms with van der Waals surface area (Å²) in [5.74, 6) is 0.875. The molecule has 0 amide bonds. The van der Waals surface area contributed by atoms with Crippen molar-refractivity contribution in [1.29, 1.82) is 0 Å². The molecule has 1 saturated carbocycles. The van der Waals surface area contributed by atoms with E-state index in [1.54, 1.807) is 0 Å². The van der Waals surface area contributed by atoms with Crippen LogP contribution < -0.4 is 0 Å². The molecule has 1 aliphatic carbocycles. The molecule has 0 radical (unpaired) electrons. The minimum absolute atomic E-state index is 0.875. The lowest BCUT2D eigenvalue weighted by Gasteiger charge is -2.38. The zero-order valence-electron chi connectivity index (χ0n) is 9.64. The first-order valence-electron chi connectivity index (χ1n) is 6.08. The molecule has 0 bridgehead atoms. The van der Waals surface area contributed by atoms with Crippen molar-refractivity contribution in [3.63, 3.8) is 0 Å². The average molecular weight is 262 g/mol. The Morgan fingerprint density at radius 2 is 2.14 bits per heavy atom. The van der Waals surface area contributed by atoms with Gasteiger partial charge in [-0.25, -0.2) is 0 Å². The van der Waals surface area contributed by atoms with Crippen LogP contribution >= 0.6 is 15.9 Å². The first kappa shape index (κ1) is 12.5. The topological polar surface area (TPSA) is 3.24 Å². The maximum atomic E-state index is 3.56. The van der Waals surface area contributed by atoms with E-state index < -0.39 is 0 Å². The van der Waals surface area contributed by atoms with Gasteiger partial charge in [0.1, 0.15) is 0 Å². The highest BCUT2D eigenvalue weighted by Crippen LogP contribution is 2.26. The molecule has 0 spiro atoms. The van der Waals surface area contributed by atoms with Crippen molar-refractivity contribution in [3.8, 4) is 0 Å². The first-order chi connectivity index (χ1) is 6.77. The van der Waals surface area contributed by atoms with Crippen molar-refractivity contribution < 1.29 is 0 Å². The molecule has 0 aliphatic heterocycles. The Balaban J connectivity index is 2.26. The normalized spacial score (nSPS) is 19.7. The fourth-order valence-corrected chi connectivity index (χ4v) is 2.72. The van der Waals surface area contributed by atoms with Crippen molar-refractivity contribution in [2.45, 2.75) is 52.0 Å². The van der Waals surface area contributed by atoms with Crippen LogP contribution in [-0.2, 0) is 0 Å². The second kappa shape index (κ2) is 6.84. The van der Waals surface area contributed by atoms with E-state index in [4.69, 9.17) is 0 Å². The Morgan fingerprint density at radius 3 is 2.57 bits per heavy atom. The van der Waals surface area contributed by atoms with Crippen LogP contribution in [0.3, 0.4) is 0 Å². The van der Waals surface area contributed by atoms with Gasteiger partial charge < -0.3 is 0 Å². The van der Waals surface area contributed by atoms with Gasteiger partial charge in [0.25, 0.3) is 0 Å². The van der Waals surface area contributed by atoms with Gasteiger partial charge in [0.2, 0.25) is 0 Å². The smallest absolute Gasteiger partial charge is 0.0159 e. The van der Waals surface area contributed by atoms with Crippen molar-refractivity contribution in [1.82, 2.24) is 4.90 Å². The summed E-state index contributed by atoms with van der Waals surface area (Å²) < 4.78 is 0. The summed E-state index contributed by atoms with van der Waals surface area (Å²) >= 11 is 3.56. The van der Waals surface area contributed by atoms with Gasteiger partial charge in [-0.2, -0.15) is 0 Å². The quantitative estimate of drug-likeness (QED) is 0.633. The third-order valence-electron chi connectivity index (χ3n) is 3.29. The highest BCUT2D eigenvalue weighted by atomic mass is 79.9. The maximum Gasteiger partial charge on any atom is 0.0159 e. The minimum Gasteiger partial charge on any atom is -0.299 e. The fourth-order valence-electron chi connectivity index (χ4n) is 2.27. The van der Waals surface area contributed by atoms with Crippen LogP contribution in [0.2, 0.25) is 0 Å². The minimum atomic E-state index is 0.875. The molecule has 1 fully saturated rings. The van der Waals surface area contributed by atoms with E-state index in [0.717, 1.165) is 17.3 Å². The van der Waals surface area contributed by atoms with E-state index in [2.05, 4.69) is 34.7 Å². The molecule has 0 aromatic carbocycles. The maximum absolute atomic E-state index is 3.56. The van der Waals surface area contributed by atoms with E-state index >= 15 is 0 Å². The van der Waals surface area contributed by atoms with Gasteiger partial charge in [0, 0.05) is 24.5 Å². The lowest BCUT2D eigenvalue weighted by Crippen LogP contribution is -2.43. The van der Waals surface area contributed by atoms with Crippen LogP contribution in [0.15, 0.2) is 0 Å². The number of halogens is 1. The second-order valence-corrected chi connectivity index (χ2v) is 5.46. The summed E-state index contributed by atoms with van der Waals surface area (Å²) in [5.41, 5.74) is 0. The van der Waals surface area contributed by atoms with Crippen molar-refractivity contribution in [2.24, 2.45) is 5.92 Å². The zero-order valence-corrected chi connectivity index (χ0v) is 11.2. The largest absolute Gasteiger partial charge is 0.299 e. The molecule has 1 aliphatic rings. The lowest BCUT2D eigenvalue weighted by atomic mass is 9.90. The molecule has 84 valence electrons. The van der Waals surface area contributed by atoms with E-state index in [1.807, 2.05) is 0 Å². The van der Waals surface area contributed by atoms with E-state index in [0.29, 0.717) is 0 Å². The van der Waals surface area contributed by atoms with E-state index in [-0.39, 0.29) is 0 Å². The predicted molar refractivity (Wildman–Crippen MR) is 67.1 cm³/mol. The molecule has 14 heavy (non-hydrogen) atoms. The van der Waals surface area contributed by atoms with Crippen LogP contribution in [0.1, 0.15) is 46.0 Å². The van der Waals surface area contributed by atoms with E-state index in [9.17, 15) is 0 Å². The number of hydrogen-bond donors (Lipinski definition) is 0. The monoisotopic (exact) mass is 261 g/mol. The Hall–Kier alpha value is 0.440. The number of rotatable bonds is 7. The molecule has 0 aromatic heterocycles. The Bertz CT molecular complexity index is 145. The average Bonchev–Trinajstić information content (AvgIpc) is 2.01. The van der Waals surface area contributed by atoms with Gasteiger partial charge in [-0.1, -0.05) is 42.6 Å². The molecule has 0 N–H and O–H groups in total. The standard InChI is InChI=1S/C12H24BrN/c1-3-5-11(2)10-14(9-8-13)12-6-4-7-12/h11-12H,3-10H2,1-2H3. The Labute approximate surface area is 97.4 Å². The molecule has 2 heteroatoms. The van der Waals surface area contributed by atoms with Crippen LogP contribution in [0, 0.1) is 5.92 Å². The molecular formula is C12H24BrN. The van der Waals surface area contributed by atoms with Crippen molar-refractivity contribution in [2.75, 3.05) is 18.4 Å². The summed E-state index contributed by atoms with van der Waals surface area (Å²) in [5, 5.41) is 1.13. The fraction of sp³-hybridized carbons (Fsp3) is 1.00. The second-order valence-electron chi connectivity index (χ2n) is 4.66. The number of alkyl halides is 1. The van der Waals surface area contributed by atoms with Gasteiger partial charge in [-0.3, -0.25) is 4.90 Å². The summed E-state index contributed by atoms with van der Waals surface area (Å²) in [4.78, 5) is 2.69. The molecule has 1 unspecified atom stereocenters. The van der Waals surface area contributed by atoms with Gasteiger partial charge in [-0.05, 0) is 25.2 Å². The summed E-state index contributed by atoms with van der Waals surface area (Å²) in [7, 11) is 0. The van der Waals surface area contributed by atoms with Crippen molar-refractivity contribution in [3.05, 3.63) is 0 Å². The number of nitrogens with zero attached hydrogens (tertiary/aromatic N) is 1. The highest BCUT2D eigenvalue weighted by Gasteiger charge is 2.24. The molecule has 0 heterocycles. The highest BCUT2D eigenvalue weighted by molar-refractivity contribution is 9.09. The van der Waals surface area contributed by atoms with Crippen molar-refractivity contribution >= 4 is 15.9 Å². The number of hydrogen-bond acceptors (Lipinski definition) is 1. The molecular weight excluding hydrogens is 238 g/mol. The van der Waals surface area contributed by atoms with Crippen LogP contribution in [0.4, 0.5) is 0 Å².